The van der Waals surface area contributed by atoms with Crippen LogP contribution in [0, 0.1) is 22.7 Å². The zero-order valence-corrected chi connectivity index (χ0v) is 19.4. The van der Waals surface area contributed by atoms with Crippen LogP contribution in [0.4, 0.5) is 0 Å². The Balaban J connectivity index is 2.02. The van der Waals surface area contributed by atoms with Crippen LogP contribution in [-0.4, -0.2) is 32.5 Å². The first-order valence-corrected chi connectivity index (χ1v) is 13.1. The first-order chi connectivity index (χ1) is 13.6. The van der Waals surface area contributed by atoms with Gasteiger partial charge in [-0.25, -0.2) is 9.13 Å². The second-order valence-corrected chi connectivity index (χ2v) is 12.3. The maximum Gasteiger partial charge on any atom is 0.481 e. The fourth-order valence-electron chi connectivity index (χ4n) is 5.67. The minimum absolute atomic E-state index is 0.0502. The Labute approximate surface area is 175 Å². The zero-order chi connectivity index (χ0) is 23.0. The molecule has 0 aliphatic heterocycles. The van der Waals surface area contributed by atoms with E-state index >= 15 is 0 Å². The molecule has 0 radical (unpaired) electrons. The van der Waals surface area contributed by atoms with Gasteiger partial charge < -0.3 is 19.8 Å². The SMILES string of the molecule is [2H]C(/C=C(\C)CC[C@H]1[C@H](O)CC[C@H]2C(C)(C)CCC[C@]12C)OP(=O)(O)OP(=O)(O)O. The molecule has 2 aliphatic rings. The average Bonchev–Trinajstić information content (AvgIpc) is 2.49. The van der Waals surface area contributed by atoms with E-state index in [1.165, 1.54) is 12.5 Å². The van der Waals surface area contributed by atoms with Crippen molar-refractivity contribution >= 4 is 15.6 Å². The molecule has 0 heterocycles. The average molecular weight is 455 g/mol. The van der Waals surface area contributed by atoms with E-state index in [-0.39, 0.29) is 22.9 Å². The van der Waals surface area contributed by atoms with E-state index in [4.69, 9.17) is 11.2 Å². The first kappa shape index (κ1) is 23.6. The van der Waals surface area contributed by atoms with Crippen LogP contribution in [-0.2, 0) is 18.0 Å². The minimum atomic E-state index is -5.22. The van der Waals surface area contributed by atoms with Gasteiger partial charge in [-0.15, -0.1) is 0 Å². The summed E-state index contributed by atoms with van der Waals surface area (Å²) in [5, 5.41) is 10.8. The van der Waals surface area contributed by atoms with Gasteiger partial charge in [0.1, 0.15) is 0 Å². The summed E-state index contributed by atoms with van der Waals surface area (Å²) in [5.74, 6) is 0.681. The Hall–Kier alpha value is -0.0400. The van der Waals surface area contributed by atoms with Crippen molar-refractivity contribution in [2.45, 2.75) is 78.7 Å². The number of hydrogen-bond donors (Lipinski definition) is 4. The van der Waals surface area contributed by atoms with Crippen LogP contribution < -0.4 is 0 Å². The predicted molar refractivity (Wildman–Crippen MR) is 110 cm³/mol. The van der Waals surface area contributed by atoms with E-state index in [0.717, 1.165) is 37.7 Å². The highest BCUT2D eigenvalue weighted by Gasteiger charge is 2.54. The Morgan fingerprint density at radius 2 is 1.86 bits per heavy atom. The van der Waals surface area contributed by atoms with Crippen molar-refractivity contribution in [3.8, 4) is 0 Å². The summed E-state index contributed by atoms with van der Waals surface area (Å²) in [6, 6.07) is 0. The smallest absolute Gasteiger partial charge is 0.393 e. The van der Waals surface area contributed by atoms with Crippen molar-refractivity contribution in [1.82, 2.24) is 0 Å². The standard InChI is InChI=1S/C19H36O8P2/c1-14(10-13-26-29(24,25)27-28(21,22)23)6-7-15-16(20)8-9-17-18(2,3)11-5-12-19(15,17)4/h10,15-17,20H,5-9,11-13H2,1-4H3,(H,24,25)(H2,21,22,23)/b14-10+/t15-,16+,17-,19+/m0/s1/i13D/t13?,15-,16+,17-,19+. The van der Waals surface area contributed by atoms with Crippen molar-refractivity contribution in [3.63, 3.8) is 0 Å². The number of phosphoric acid groups is 2. The van der Waals surface area contributed by atoms with Crippen molar-refractivity contribution in [3.05, 3.63) is 11.6 Å². The van der Waals surface area contributed by atoms with Crippen molar-refractivity contribution in [2.24, 2.45) is 22.7 Å². The zero-order valence-electron chi connectivity index (χ0n) is 18.7. The number of fused-ring (bicyclic) bond motifs is 1. The van der Waals surface area contributed by atoms with E-state index in [2.05, 4.69) is 29.6 Å². The summed E-state index contributed by atoms with van der Waals surface area (Å²) in [4.78, 5) is 26.6. The predicted octanol–water partition coefficient (Wildman–Crippen LogP) is 4.54. The van der Waals surface area contributed by atoms with Gasteiger partial charge in [-0.05, 0) is 68.1 Å². The molecule has 2 aliphatic carbocycles. The van der Waals surface area contributed by atoms with Gasteiger partial charge in [0.2, 0.25) is 0 Å². The fourth-order valence-corrected chi connectivity index (χ4v) is 7.12. The van der Waals surface area contributed by atoms with Crippen molar-refractivity contribution in [1.29, 1.82) is 0 Å². The summed E-state index contributed by atoms with van der Waals surface area (Å²) >= 11 is 0. The van der Waals surface area contributed by atoms with Crippen LogP contribution in [0.15, 0.2) is 11.6 Å². The molecular weight excluding hydrogens is 418 g/mol. The molecule has 0 aromatic carbocycles. The molecule has 0 spiro atoms. The number of aliphatic hydroxyl groups excluding tert-OH is 1. The summed E-state index contributed by atoms with van der Waals surface area (Å²) in [7, 11) is -10.3. The number of phosphoric ester groups is 1. The Bertz CT molecular complexity index is 736. The lowest BCUT2D eigenvalue weighted by Gasteiger charge is -2.58. The van der Waals surface area contributed by atoms with Crippen LogP contribution in [0.1, 0.15) is 74.0 Å². The van der Waals surface area contributed by atoms with Gasteiger partial charge in [0.15, 0.2) is 0 Å². The van der Waals surface area contributed by atoms with Gasteiger partial charge in [-0.3, -0.25) is 4.52 Å². The maximum absolute atomic E-state index is 11.6. The summed E-state index contributed by atoms with van der Waals surface area (Å²) in [6.07, 6.45) is 7.50. The van der Waals surface area contributed by atoms with E-state index in [1.807, 2.05) is 0 Å². The van der Waals surface area contributed by atoms with Gasteiger partial charge in [-0.1, -0.05) is 38.8 Å². The molecule has 2 rings (SSSR count). The van der Waals surface area contributed by atoms with Gasteiger partial charge in [-0.2, -0.15) is 4.31 Å². The molecule has 0 bridgehead atoms. The molecule has 170 valence electrons. The van der Waals surface area contributed by atoms with Crippen LogP contribution in [0.25, 0.3) is 0 Å². The molecule has 0 aromatic heterocycles. The van der Waals surface area contributed by atoms with E-state index in [9.17, 15) is 19.1 Å². The van der Waals surface area contributed by atoms with Crippen LogP contribution in [0.5, 0.6) is 0 Å². The molecule has 29 heavy (non-hydrogen) atoms. The normalized spacial score (nSPS) is 36.6. The number of hydrogen-bond acceptors (Lipinski definition) is 5. The van der Waals surface area contributed by atoms with Gasteiger partial charge in [0.25, 0.3) is 0 Å². The van der Waals surface area contributed by atoms with Gasteiger partial charge in [0.05, 0.1) is 14.1 Å². The highest BCUT2D eigenvalue weighted by atomic mass is 31.3. The summed E-state index contributed by atoms with van der Waals surface area (Å²) in [6.45, 7) is 7.09. The Morgan fingerprint density at radius 1 is 1.21 bits per heavy atom. The number of aliphatic hydroxyl groups is 1. The highest BCUT2D eigenvalue weighted by Crippen LogP contribution is 2.61. The second kappa shape index (κ2) is 9.22. The first-order valence-electron chi connectivity index (χ1n) is 10.7. The molecule has 8 nitrogen and oxygen atoms in total. The highest BCUT2D eigenvalue weighted by molar-refractivity contribution is 7.60. The molecule has 4 N–H and O–H groups in total. The van der Waals surface area contributed by atoms with Crippen LogP contribution in [0.2, 0.25) is 0 Å². The lowest BCUT2D eigenvalue weighted by Crippen LogP contribution is -2.53. The molecular formula is C19H36O8P2. The molecule has 6 atom stereocenters. The number of rotatable bonds is 8. The van der Waals surface area contributed by atoms with Crippen molar-refractivity contribution < 1.29 is 39.1 Å². The Kier molecular flexibility index (Phi) is 7.51. The molecule has 10 heteroatoms. The molecule has 2 fully saturated rings. The Morgan fingerprint density at radius 3 is 2.48 bits per heavy atom. The number of allylic oxidation sites excluding steroid dienone is 1. The minimum Gasteiger partial charge on any atom is -0.393 e. The summed E-state index contributed by atoms with van der Waals surface area (Å²) < 4.78 is 38.2. The molecule has 2 unspecified atom stereocenters. The fraction of sp³-hybridized carbons (Fsp3) is 0.895. The van der Waals surface area contributed by atoms with Gasteiger partial charge in [0, 0.05) is 0 Å². The third kappa shape index (κ3) is 6.72. The van der Waals surface area contributed by atoms with Crippen molar-refractivity contribution in [2.75, 3.05) is 6.58 Å². The van der Waals surface area contributed by atoms with E-state index < -0.39 is 22.2 Å². The lowest BCUT2D eigenvalue weighted by molar-refractivity contribution is -0.125. The quantitative estimate of drug-likeness (QED) is 0.310. The maximum atomic E-state index is 11.6. The van der Waals surface area contributed by atoms with Crippen LogP contribution in [0.3, 0.4) is 0 Å². The lowest BCUT2D eigenvalue weighted by atomic mass is 9.47. The van der Waals surface area contributed by atoms with E-state index in [0.29, 0.717) is 12.3 Å². The topological polar surface area (TPSA) is 134 Å². The van der Waals surface area contributed by atoms with Gasteiger partial charge >= 0.3 is 15.6 Å². The third-order valence-electron chi connectivity index (χ3n) is 6.94. The monoisotopic (exact) mass is 455 g/mol. The molecule has 0 aromatic rings. The molecule has 0 amide bonds. The van der Waals surface area contributed by atoms with E-state index in [1.54, 1.807) is 6.92 Å². The van der Waals surface area contributed by atoms with Crippen LogP contribution >= 0.6 is 15.6 Å². The largest absolute Gasteiger partial charge is 0.481 e. The summed E-state index contributed by atoms with van der Waals surface area (Å²) in [5.41, 5.74) is 1.03. The molecule has 0 saturated heterocycles. The second-order valence-electron chi connectivity index (χ2n) is 9.49. The third-order valence-corrected chi connectivity index (χ3v) is 9.01. The molecule has 2 saturated carbocycles.